The molecule has 2 atom stereocenters. The molecule has 0 fully saturated rings. The second-order valence-electron chi connectivity index (χ2n) is 4.19. The lowest BCUT2D eigenvalue weighted by atomic mass is 10.0. The molecule has 17 heavy (non-hydrogen) atoms. The van der Waals surface area contributed by atoms with E-state index in [-0.39, 0.29) is 23.8 Å². The first-order valence-corrected chi connectivity index (χ1v) is 5.57. The normalized spacial score (nSPS) is 21.8. The van der Waals surface area contributed by atoms with Gasteiger partial charge in [0.05, 0.1) is 19.1 Å². The molecule has 1 aliphatic rings. The first-order chi connectivity index (χ1) is 8.13. The predicted molar refractivity (Wildman–Crippen MR) is 62.4 cm³/mol. The molecule has 1 aromatic rings. The van der Waals surface area contributed by atoms with Crippen LogP contribution in [0, 0.1) is 0 Å². The van der Waals surface area contributed by atoms with Gasteiger partial charge in [0.25, 0.3) is 0 Å². The predicted octanol–water partition coefficient (Wildman–Crippen LogP) is 1.52. The van der Waals surface area contributed by atoms with Crippen LogP contribution in [0.4, 0.5) is 0 Å². The number of benzene rings is 1. The third-order valence-corrected chi connectivity index (χ3v) is 3.08. The van der Waals surface area contributed by atoms with Crippen LogP contribution in [0.25, 0.3) is 0 Å². The van der Waals surface area contributed by atoms with E-state index in [0.717, 1.165) is 11.1 Å². The van der Waals surface area contributed by atoms with Gasteiger partial charge in [0.1, 0.15) is 0 Å². The Morgan fingerprint density at radius 1 is 1.29 bits per heavy atom. The molecular formula is C13H15NO3. The standard InChI is InChI=1S/C13H15NO3/c1-8(15)14-12-7-11(13(16)17-2)9-5-3-4-6-10(9)12/h3-6,11-12H,7H2,1-2H3,(H,14,15)/t11-,12+/m1/s1. The Labute approximate surface area is 100.0 Å². The van der Waals surface area contributed by atoms with Gasteiger partial charge in [0, 0.05) is 6.92 Å². The lowest BCUT2D eigenvalue weighted by molar-refractivity contribution is -0.142. The molecule has 0 radical (unpaired) electrons. The van der Waals surface area contributed by atoms with E-state index in [4.69, 9.17) is 4.74 Å². The van der Waals surface area contributed by atoms with E-state index in [9.17, 15) is 9.59 Å². The Balaban J connectivity index is 2.32. The van der Waals surface area contributed by atoms with Gasteiger partial charge in [0.15, 0.2) is 0 Å². The largest absolute Gasteiger partial charge is 0.469 e. The molecule has 90 valence electrons. The number of carbonyl (C=O) groups excluding carboxylic acids is 2. The van der Waals surface area contributed by atoms with Crippen LogP contribution in [0.5, 0.6) is 0 Å². The average Bonchev–Trinajstić information content (AvgIpc) is 2.67. The maximum atomic E-state index is 11.7. The van der Waals surface area contributed by atoms with E-state index >= 15 is 0 Å². The minimum absolute atomic E-state index is 0.0877. The highest BCUT2D eigenvalue weighted by Crippen LogP contribution is 2.40. The molecule has 1 amide bonds. The lowest BCUT2D eigenvalue weighted by Gasteiger charge is -2.12. The van der Waals surface area contributed by atoms with E-state index in [1.807, 2.05) is 24.3 Å². The zero-order valence-electron chi connectivity index (χ0n) is 9.90. The van der Waals surface area contributed by atoms with E-state index in [0.29, 0.717) is 6.42 Å². The summed E-state index contributed by atoms with van der Waals surface area (Å²) in [6, 6.07) is 7.57. The van der Waals surface area contributed by atoms with Gasteiger partial charge < -0.3 is 10.1 Å². The SMILES string of the molecule is COC(=O)[C@@H]1C[C@H](NC(C)=O)c2ccccc21. The monoisotopic (exact) mass is 233 g/mol. The fourth-order valence-corrected chi connectivity index (χ4v) is 2.38. The van der Waals surface area contributed by atoms with Gasteiger partial charge in [-0.1, -0.05) is 24.3 Å². The van der Waals surface area contributed by atoms with Crippen molar-refractivity contribution >= 4 is 11.9 Å². The summed E-state index contributed by atoms with van der Waals surface area (Å²) in [6.45, 7) is 1.48. The summed E-state index contributed by atoms with van der Waals surface area (Å²) in [4.78, 5) is 22.8. The van der Waals surface area contributed by atoms with Crippen LogP contribution in [0.2, 0.25) is 0 Å². The third-order valence-electron chi connectivity index (χ3n) is 3.08. The zero-order valence-corrected chi connectivity index (χ0v) is 9.90. The number of hydrogen-bond acceptors (Lipinski definition) is 3. The molecule has 1 aromatic carbocycles. The molecule has 0 aliphatic heterocycles. The molecule has 0 spiro atoms. The highest BCUT2D eigenvalue weighted by atomic mass is 16.5. The summed E-state index contributed by atoms with van der Waals surface area (Å²) in [5.41, 5.74) is 1.97. The fraction of sp³-hybridized carbons (Fsp3) is 0.385. The maximum Gasteiger partial charge on any atom is 0.313 e. The van der Waals surface area contributed by atoms with Crippen LogP contribution in [-0.4, -0.2) is 19.0 Å². The van der Waals surface area contributed by atoms with Gasteiger partial charge in [0.2, 0.25) is 5.91 Å². The first-order valence-electron chi connectivity index (χ1n) is 5.57. The topological polar surface area (TPSA) is 55.4 Å². The number of fused-ring (bicyclic) bond motifs is 1. The van der Waals surface area contributed by atoms with Gasteiger partial charge >= 0.3 is 5.97 Å². The molecule has 0 bridgehead atoms. The van der Waals surface area contributed by atoms with Crippen molar-refractivity contribution in [3.63, 3.8) is 0 Å². The van der Waals surface area contributed by atoms with E-state index in [2.05, 4.69) is 5.32 Å². The summed E-state index contributed by atoms with van der Waals surface area (Å²) >= 11 is 0. The van der Waals surface area contributed by atoms with Crippen LogP contribution in [-0.2, 0) is 14.3 Å². The highest BCUT2D eigenvalue weighted by molar-refractivity contribution is 5.81. The molecule has 0 saturated carbocycles. The number of ether oxygens (including phenoxy) is 1. The zero-order chi connectivity index (χ0) is 12.4. The quantitative estimate of drug-likeness (QED) is 0.788. The molecule has 0 aromatic heterocycles. The lowest BCUT2D eigenvalue weighted by Crippen LogP contribution is -2.24. The third kappa shape index (κ3) is 2.16. The number of methoxy groups -OCH3 is 1. The molecule has 4 heteroatoms. The van der Waals surface area contributed by atoms with Gasteiger partial charge in [-0.2, -0.15) is 0 Å². The number of carbonyl (C=O) groups is 2. The maximum absolute atomic E-state index is 11.7. The van der Waals surface area contributed by atoms with Crippen LogP contribution < -0.4 is 5.32 Å². The van der Waals surface area contributed by atoms with Crippen molar-refractivity contribution in [2.24, 2.45) is 0 Å². The Bertz CT molecular complexity index is 456. The van der Waals surface area contributed by atoms with Crippen LogP contribution in [0.15, 0.2) is 24.3 Å². The minimum atomic E-state index is -0.270. The highest BCUT2D eigenvalue weighted by Gasteiger charge is 2.35. The number of nitrogens with one attached hydrogen (secondary N) is 1. The van der Waals surface area contributed by atoms with Crippen molar-refractivity contribution in [2.45, 2.75) is 25.3 Å². The Morgan fingerprint density at radius 2 is 1.94 bits per heavy atom. The fourth-order valence-electron chi connectivity index (χ4n) is 2.38. The first kappa shape index (κ1) is 11.6. The minimum Gasteiger partial charge on any atom is -0.469 e. The van der Waals surface area contributed by atoms with Crippen molar-refractivity contribution in [3.8, 4) is 0 Å². The van der Waals surface area contributed by atoms with Crippen molar-refractivity contribution in [1.82, 2.24) is 5.32 Å². The summed E-state index contributed by atoms with van der Waals surface area (Å²) in [7, 11) is 1.39. The second-order valence-corrected chi connectivity index (χ2v) is 4.19. The average molecular weight is 233 g/mol. The number of hydrogen-bond donors (Lipinski definition) is 1. The molecule has 0 unspecified atom stereocenters. The van der Waals surface area contributed by atoms with Gasteiger partial charge in [-0.05, 0) is 17.5 Å². The summed E-state index contributed by atoms with van der Waals surface area (Å²) < 4.78 is 4.79. The van der Waals surface area contributed by atoms with E-state index in [1.165, 1.54) is 14.0 Å². The van der Waals surface area contributed by atoms with Gasteiger partial charge in [-0.3, -0.25) is 9.59 Å². The molecule has 0 saturated heterocycles. The molecule has 0 heterocycles. The Hall–Kier alpha value is -1.84. The van der Waals surface area contributed by atoms with Crippen molar-refractivity contribution in [1.29, 1.82) is 0 Å². The van der Waals surface area contributed by atoms with Crippen molar-refractivity contribution < 1.29 is 14.3 Å². The Kier molecular flexibility index (Phi) is 3.13. The van der Waals surface area contributed by atoms with Gasteiger partial charge in [-0.15, -0.1) is 0 Å². The van der Waals surface area contributed by atoms with Crippen molar-refractivity contribution in [2.75, 3.05) is 7.11 Å². The van der Waals surface area contributed by atoms with Crippen LogP contribution >= 0.6 is 0 Å². The smallest absolute Gasteiger partial charge is 0.313 e. The van der Waals surface area contributed by atoms with Crippen LogP contribution in [0.1, 0.15) is 36.4 Å². The molecule has 1 aliphatic carbocycles. The second kappa shape index (κ2) is 4.57. The Morgan fingerprint density at radius 3 is 2.53 bits per heavy atom. The van der Waals surface area contributed by atoms with Crippen LogP contribution in [0.3, 0.4) is 0 Å². The molecule has 4 nitrogen and oxygen atoms in total. The summed E-state index contributed by atoms with van der Waals surface area (Å²) in [5.74, 6) is -0.603. The number of amides is 1. The number of rotatable bonds is 2. The number of esters is 1. The summed E-state index contributed by atoms with van der Waals surface area (Å²) in [6.07, 6.45) is 0.575. The van der Waals surface area contributed by atoms with E-state index < -0.39 is 0 Å². The molecule has 1 N–H and O–H groups in total. The van der Waals surface area contributed by atoms with E-state index in [1.54, 1.807) is 0 Å². The summed E-state index contributed by atoms with van der Waals surface area (Å²) in [5, 5.41) is 2.86. The van der Waals surface area contributed by atoms with Gasteiger partial charge in [-0.25, -0.2) is 0 Å². The molecule has 2 rings (SSSR count). The molecular weight excluding hydrogens is 218 g/mol. The van der Waals surface area contributed by atoms with Crippen molar-refractivity contribution in [3.05, 3.63) is 35.4 Å².